The third-order valence-electron chi connectivity index (χ3n) is 3.07. The summed E-state index contributed by atoms with van der Waals surface area (Å²) in [5.41, 5.74) is -0.576. The number of esters is 1. The smallest absolute Gasteiger partial charge is 0.312 e. The second-order valence-corrected chi connectivity index (χ2v) is 3.83. The monoisotopic (exact) mass is 184 g/mol. The van der Waals surface area contributed by atoms with E-state index in [0.29, 0.717) is 19.4 Å². The molecule has 3 nitrogen and oxygen atoms in total. The van der Waals surface area contributed by atoms with Crippen LogP contribution in [0.3, 0.4) is 0 Å². The Kier molecular flexibility index (Phi) is 2.74. The molecule has 0 amide bonds. The van der Waals surface area contributed by atoms with Crippen molar-refractivity contribution in [1.82, 2.24) is 0 Å². The minimum absolute atomic E-state index is 0.176. The molecule has 1 rings (SSSR count). The van der Waals surface area contributed by atoms with Crippen LogP contribution in [-0.4, -0.2) is 18.4 Å². The van der Waals surface area contributed by atoms with Gasteiger partial charge in [0.2, 0.25) is 0 Å². The Hall–Kier alpha value is -0.860. The number of rotatable bonds is 2. The summed E-state index contributed by atoms with van der Waals surface area (Å²) in [6, 6.07) is 0. The number of hydrogen-bond donors (Lipinski definition) is 0. The van der Waals surface area contributed by atoms with Gasteiger partial charge in [-0.15, -0.1) is 0 Å². The largest absolute Gasteiger partial charge is 0.466 e. The lowest BCUT2D eigenvalue weighted by Gasteiger charge is -2.24. The van der Waals surface area contributed by atoms with Crippen LogP contribution >= 0.6 is 0 Å². The van der Waals surface area contributed by atoms with Crippen molar-refractivity contribution in [3.05, 3.63) is 0 Å². The molecule has 0 aromatic carbocycles. The van der Waals surface area contributed by atoms with Gasteiger partial charge in [-0.3, -0.25) is 9.59 Å². The Labute approximate surface area is 78.5 Å². The molecule has 3 heteroatoms. The van der Waals surface area contributed by atoms with E-state index in [1.807, 2.05) is 13.8 Å². The van der Waals surface area contributed by atoms with Gasteiger partial charge >= 0.3 is 5.97 Å². The van der Waals surface area contributed by atoms with Crippen LogP contribution < -0.4 is 0 Å². The molecule has 0 saturated heterocycles. The fraction of sp³-hybridized carbons (Fsp3) is 0.800. The number of carbonyl (C=O) groups excluding carboxylic acids is 2. The van der Waals surface area contributed by atoms with Crippen molar-refractivity contribution in [3.63, 3.8) is 0 Å². The maximum Gasteiger partial charge on any atom is 0.312 e. The topological polar surface area (TPSA) is 43.4 Å². The standard InChI is InChI=1S/C10H16O3/c1-4-13-9(12)10(3)6-5-8(11)7(10)2/h7H,4-6H2,1-3H3. The number of carbonyl (C=O) groups is 2. The van der Waals surface area contributed by atoms with E-state index >= 15 is 0 Å². The van der Waals surface area contributed by atoms with E-state index in [1.165, 1.54) is 0 Å². The first-order valence-electron chi connectivity index (χ1n) is 4.72. The molecule has 0 N–H and O–H groups in total. The molecule has 0 spiro atoms. The quantitative estimate of drug-likeness (QED) is 0.611. The molecule has 13 heavy (non-hydrogen) atoms. The van der Waals surface area contributed by atoms with Crippen molar-refractivity contribution in [2.45, 2.75) is 33.6 Å². The fourth-order valence-electron chi connectivity index (χ4n) is 1.75. The van der Waals surface area contributed by atoms with Crippen molar-refractivity contribution in [1.29, 1.82) is 0 Å². The molecule has 1 aliphatic rings. The van der Waals surface area contributed by atoms with Gasteiger partial charge in [-0.1, -0.05) is 6.92 Å². The maximum atomic E-state index is 11.5. The van der Waals surface area contributed by atoms with Crippen LogP contribution in [0.15, 0.2) is 0 Å². The molecule has 0 heterocycles. The van der Waals surface area contributed by atoms with Gasteiger partial charge < -0.3 is 4.74 Å². The Balaban J connectivity index is 2.76. The van der Waals surface area contributed by atoms with Crippen molar-refractivity contribution < 1.29 is 14.3 Å². The lowest BCUT2D eigenvalue weighted by atomic mass is 9.81. The Morgan fingerprint density at radius 2 is 2.31 bits per heavy atom. The van der Waals surface area contributed by atoms with E-state index in [9.17, 15) is 9.59 Å². The van der Waals surface area contributed by atoms with Crippen LogP contribution in [0.25, 0.3) is 0 Å². The van der Waals surface area contributed by atoms with Gasteiger partial charge in [0.05, 0.1) is 12.0 Å². The maximum absolute atomic E-state index is 11.5. The first kappa shape index (κ1) is 10.2. The van der Waals surface area contributed by atoms with Crippen LogP contribution in [-0.2, 0) is 14.3 Å². The van der Waals surface area contributed by atoms with Gasteiger partial charge in [0.15, 0.2) is 0 Å². The summed E-state index contributed by atoms with van der Waals surface area (Å²) in [5.74, 6) is -0.240. The van der Waals surface area contributed by atoms with Gasteiger partial charge in [0.25, 0.3) is 0 Å². The zero-order valence-corrected chi connectivity index (χ0v) is 8.42. The van der Waals surface area contributed by atoms with Gasteiger partial charge in [-0.2, -0.15) is 0 Å². The van der Waals surface area contributed by atoms with E-state index in [-0.39, 0.29) is 17.7 Å². The third kappa shape index (κ3) is 1.60. The minimum Gasteiger partial charge on any atom is -0.466 e. The number of ketones is 1. The van der Waals surface area contributed by atoms with Crippen LogP contribution in [0, 0.1) is 11.3 Å². The predicted octanol–water partition coefficient (Wildman–Crippen LogP) is 1.55. The first-order chi connectivity index (χ1) is 6.02. The van der Waals surface area contributed by atoms with Crippen LogP contribution in [0.1, 0.15) is 33.6 Å². The molecule has 0 aromatic heterocycles. The van der Waals surface area contributed by atoms with E-state index in [1.54, 1.807) is 6.92 Å². The highest BCUT2D eigenvalue weighted by molar-refractivity contribution is 5.92. The highest BCUT2D eigenvalue weighted by Crippen LogP contribution is 2.41. The Morgan fingerprint density at radius 1 is 1.69 bits per heavy atom. The number of ether oxygens (including phenoxy) is 1. The van der Waals surface area contributed by atoms with E-state index in [2.05, 4.69) is 0 Å². The average Bonchev–Trinajstić information content (AvgIpc) is 2.35. The highest BCUT2D eigenvalue weighted by Gasteiger charge is 2.48. The molecule has 0 aromatic rings. The molecule has 2 atom stereocenters. The summed E-state index contributed by atoms with van der Waals surface area (Å²) in [5, 5.41) is 0. The fourth-order valence-corrected chi connectivity index (χ4v) is 1.75. The van der Waals surface area contributed by atoms with Crippen LogP contribution in [0.4, 0.5) is 0 Å². The second-order valence-electron chi connectivity index (χ2n) is 3.83. The average molecular weight is 184 g/mol. The molecule has 1 fully saturated rings. The number of hydrogen-bond acceptors (Lipinski definition) is 3. The van der Waals surface area contributed by atoms with Gasteiger partial charge in [0.1, 0.15) is 5.78 Å². The van der Waals surface area contributed by atoms with Crippen molar-refractivity contribution in [2.75, 3.05) is 6.61 Å². The SMILES string of the molecule is CCOC(=O)C1(C)CCC(=O)C1C. The summed E-state index contributed by atoms with van der Waals surface area (Å²) in [4.78, 5) is 22.8. The summed E-state index contributed by atoms with van der Waals surface area (Å²) in [6.07, 6.45) is 1.14. The molecule has 1 saturated carbocycles. The number of Topliss-reactive ketones (excluding diaryl/α,β-unsaturated/α-hetero) is 1. The summed E-state index contributed by atoms with van der Waals surface area (Å²) < 4.78 is 4.96. The molecule has 0 aliphatic heterocycles. The molecular weight excluding hydrogens is 168 g/mol. The van der Waals surface area contributed by atoms with Crippen LogP contribution in [0.5, 0.6) is 0 Å². The molecule has 0 bridgehead atoms. The van der Waals surface area contributed by atoms with Crippen molar-refractivity contribution in [3.8, 4) is 0 Å². The van der Waals surface area contributed by atoms with Gasteiger partial charge in [0, 0.05) is 12.3 Å². The van der Waals surface area contributed by atoms with E-state index in [0.717, 1.165) is 0 Å². The Morgan fingerprint density at radius 3 is 2.69 bits per heavy atom. The Bertz CT molecular complexity index is 234. The van der Waals surface area contributed by atoms with Gasteiger partial charge in [-0.05, 0) is 20.3 Å². The minimum atomic E-state index is -0.576. The predicted molar refractivity (Wildman–Crippen MR) is 48.1 cm³/mol. The summed E-state index contributed by atoms with van der Waals surface area (Å²) in [6.45, 7) is 5.80. The van der Waals surface area contributed by atoms with Gasteiger partial charge in [-0.25, -0.2) is 0 Å². The summed E-state index contributed by atoms with van der Waals surface area (Å²) in [7, 11) is 0. The summed E-state index contributed by atoms with van der Waals surface area (Å²) >= 11 is 0. The van der Waals surface area contributed by atoms with E-state index in [4.69, 9.17) is 4.74 Å². The van der Waals surface area contributed by atoms with Crippen LogP contribution in [0.2, 0.25) is 0 Å². The van der Waals surface area contributed by atoms with Crippen molar-refractivity contribution in [2.24, 2.45) is 11.3 Å². The molecular formula is C10H16O3. The second kappa shape index (κ2) is 3.48. The lowest BCUT2D eigenvalue weighted by molar-refractivity contribution is -0.157. The van der Waals surface area contributed by atoms with Crippen molar-refractivity contribution >= 4 is 11.8 Å². The first-order valence-corrected chi connectivity index (χ1v) is 4.72. The van der Waals surface area contributed by atoms with E-state index < -0.39 is 5.41 Å². The lowest BCUT2D eigenvalue weighted by Crippen LogP contribution is -2.33. The molecule has 2 unspecified atom stereocenters. The zero-order valence-electron chi connectivity index (χ0n) is 8.42. The molecule has 1 aliphatic carbocycles. The molecule has 74 valence electrons. The zero-order chi connectivity index (χ0) is 10.1. The highest BCUT2D eigenvalue weighted by atomic mass is 16.5. The normalized spacial score (nSPS) is 33.5. The molecule has 0 radical (unpaired) electrons. The third-order valence-corrected chi connectivity index (χ3v) is 3.07.